The largest absolute Gasteiger partial charge is 0.339 e. The van der Waals surface area contributed by atoms with Crippen LogP contribution in [0.5, 0.6) is 0 Å². The van der Waals surface area contributed by atoms with Gasteiger partial charge in [0.25, 0.3) is 11.6 Å². The third-order valence-electron chi connectivity index (χ3n) is 4.35. The van der Waals surface area contributed by atoms with Crippen LogP contribution in [-0.2, 0) is 0 Å². The molecule has 22 heavy (non-hydrogen) atoms. The van der Waals surface area contributed by atoms with Gasteiger partial charge >= 0.3 is 0 Å². The van der Waals surface area contributed by atoms with Crippen molar-refractivity contribution in [2.24, 2.45) is 0 Å². The fraction of sp³-hybridized carbons (Fsp3) is 0.588. The SMILES string of the molecule is Cc1noc2nc(C(C)C)cc(C(=O)N3CCCCCC3)c12. The van der Waals surface area contributed by atoms with E-state index in [2.05, 4.69) is 24.0 Å². The van der Waals surface area contributed by atoms with Crippen molar-refractivity contribution in [2.45, 2.75) is 52.4 Å². The monoisotopic (exact) mass is 301 g/mol. The Balaban J connectivity index is 2.07. The van der Waals surface area contributed by atoms with Gasteiger partial charge in [-0.25, -0.2) is 4.98 Å². The van der Waals surface area contributed by atoms with E-state index in [0.717, 1.165) is 42.7 Å². The van der Waals surface area contributed by atoms with Crippen molar-refractivity contribution in [2.75, 3.05) is 13.1 Å². The Kier molecular flexibility index (Phi) is 4.14. The fourth-order valence-corrected chi connectivity index (χ4v) is 3.02. The predicted molar refractivity (Wildman–Crippen MR) is 85.0 cm³/mol. The molecule has 0 unspecified atom stereocenters. The molecule has 1 fully saturated rings. The Morgan fingerprint density at radius 3 is 2.55 bits per heavy atom. The van der Waals surface area contributed by atoms with Gasteiger partial charge in [0.05, 0.1) is 16.6 Å². The lowest BCUT2D eigenvalue weighted by molar-refractivity contribution is 0.0763. The van der Waals surface area contributed by atoms with Crippen molar-refractivity contribution in [3.05, 3.63) is 23.0 Å². The summed E-state index contributed by atoms with van der Waals surface area (Å²) in [5.74, 6) is 0.327. The zero-order valence-corrected chi connectivity index (χ0v) is 13.6. The first-order chi connectivity index (χ1) is 10.6. The van der Waals surface area contributed by atoms with Crippen molar-refractivity contribution in [3.8, 4) is 0 Å². The number of pyridine rings is 1. The van der Waals surface area contributed by atoms with Gasteiger partial charge in [-0.1, -0.05) is 31.8 Å². The number of carbonyl (C=O) groups is 1. The molecule has 118 valence electrons. The third kappa shape index (κ3) is 2.72. The van der Waals surface area contributed by atoms with E-state index in [9.17, 15) is 4.79 Å². The van der Waals surface area contributed by atoms with Crippen LogP contribution in [0.2, 0.25) is 0 Å². The summed E-state index contributed by atoms with van der Waals surface area (Å²) in [5.41, 5.74) is 2.77. The molecular weight excluding hydrogens is 278 g/mol. The van der Waals surface area contributed by atoms with Crippen molar-refractivity contribution in [1.29, 1.82) is 0 Å². The lowest BCUT2D eigenvalue weighted by Gasteiger charge is -2.21. The molecule has 0 bridgehead atoms. The first kappa shape index (κ1) is 15.0. The molecule has 3 rings (SSSR count). The molecule has 0 aliphatic carbocycles. The van der Waals surface area contributed by atoms with Gasteiger partial charge in [-0.05, 0) is 31.7 Å². The molecule has 0 atom stereocenters. The fourth-order valence-electron chi connectivity index (χ4n) is 3.02. The van der Waals surface area contributed by atoms with E-state index in [1.807, 2.05) is 17.9 Å². The number of nitrogens with zero attached hydrogens (tertiary/aromatic N) is 3. The number of aryl methyl sites for hydroxylation is 1. The summed E-state index contributed by atoms with van der Waals surface area (Å²) < 4.78 is 5.31. The van der Waals surface area contributed by atoms with Gasteiger partial charge in [-0.15, -0.1) is 0 Å². The standard InChI is InChI=1S/C17H23N3O2/c1-11(2)14-10-13(15-12(3)19-22-16(15)18-14)17(21)20-8-6-4-5-7-9-20/h10-11H,4-9H2,1-3H3. The summed E-state index contributed by atoms with van der Waals surface area (Å²) in [6, 6.07) is 1.92. The maximum absolute atomic E-state index is 13.0. The number of rotatable bonds is 2. The van der Waals surface area contributed by atoms with Crippen molar-refractivity contribution in [1.82, 2.24) is 15.0 Å². The number of hydrogen-bond donors (Lipinski definition) is 0. The molecule has 5 heteroatoms. The number of likely N-dealkylation sites (tertiary alicyclic amines) is 1. The highest BCUT2D eigenvalue weighted by molar-refractivity contribution is 6.06. The average molecular weight is 301 g/mol. The van der Waals surface area contributed by atoms with Gasteiger partial charge in [0, 0.05) is 18.8 Å². The highest BCUT2D eigenvalue weighted by Gasteiger charge is 2.24. The Morgan fingerprint density at radius 2 is 1.91 bits per heavy atom. The normalized spacial score (nSPS) is 16.3. The molecule has 0 radical (unpaired) electrons. The van der Waals surface area contributed by atoms with Gasteiger partial charge in [-0.3, -0.25) is 4.79 Å². The number of aromatic nitrogens is 2. The van der Waals surface area contributed by atoms with Crippen LogP contribution >= 0.6 is 0 Å². The van der Waals surface area contributed by atoms with Gasteiger partial charge in [-0.2, -0.15) is 0 Å². The van der Waals surface area contributed by atoms with Crippen molar-refractivity contribution in [3.63, 3.8) is 0 Å². The Morgan fingerprint density at radius 1 is 1.23 bits per heavy atom. The van der Waals surface area contributed by atoms with E-state index in [1.165, 1.54) is 12.8 Å². The second-order valence-corrected chi connectivity index (χ2v) is 6.40. The van der Waals surface area contributed by atoms with Crippen LogP contribution in [-0.4, -0.2) is 34.0 Å². The molecule has 1 aliphatic rings. The van der Waals surface area contributed by atoms with Crippen molar-refractivity contribution < 1.29 is 9.32 Å². The van der Waals surface area contributed by atoms with Crippen LogP contribution in [0.1, 0.15) is 67.2 Å². The Labute approximate surface area is 130 Å². The lowest BCUT2D eigenvalue weighted by Crippen LogP contribution is -2.32. The van der Waals surface area contributed by atoms with Crippen LogP contribution in [0.15, 0.2) is 10.6 Å². The second-order valence-electron chi connectivity index (χ2n) is 6.40. The second kappa shape index (κ2) is 6.07. The summed E-state index contributed by atoms with van der Waals surface area (Å²) in [4.78, 5) is 19.5. The third-order valence-corrected chi connectivity index (χ3v) is 4.35. The maximum Gasteiger partial charge on any atom is 0.259 e. The summed E-state index contributed by atoms with van der Waals surface area (Å²) >= 11 is 0. The quantitative estimate of drug-likeness (QED) is 0.849. The number of hydrogen-bond acceptors (Lipinski definition) is 4. The van der Waals surface area contributed by atoms with E-state index < -0.39 is 0 Å². The van der Waals surface area contributed by atoms with Crippen LogP contribution < -0.4 is 0 Å². The molecule has 2 aromatic heterocycles. The topological polar surface area (TPSA) is 59.2 Å². The van der Waals surface area contributed by atoms with Crippen LogP contribution in [0.4, 0.5) is 0 Å². The van der Waals surface area contributed by atoms with Crippen LogP contribution in [0, 0.1) is 6.92 Å². The minimum absolute atomic E-state index is 0.0856. The highest BCUT2D eigenvalue weighted by atomic mass is 16.5. The first-order valence-electron chi connectivity index (χ1n) is 8.14. The molecule has 0 aromatic carbocycles. The summed E-state index contributed by atoms with van der Waals surface area (Å²) in [7, 11) is 0. The molecule has 2 aromatic rings. The van der Waals surface area contributed by atoms with Gasteiger partial charge in [0.1, 0.15) is 0 Å². The number of amides is 1. The van der Waals surface area contributed by atoms with E-state index in [0.29, 0.717) is 11.3 Å². The molecule has 0 N–H and O–H groups in total. The van der Waals surface area contributed by atoms with Crippen molar-refractivity contribution >= 4 is 17.0 Å². The van der Waals surface area contributed by atoms with E-state index in [-0.39, 0.29) is 11.8 Å². The summed E-state index contributed by atoms with van der Waals surface area (Å²) in [6.07, 6.45) is 4.58. The zero-order valence-electron chi connectivity index (χ0n) is 13.6. The molecule has 1 saturated heterocycles. The Hall–Kier alpha value is -1.91. The average Bonchev–Trinajstić information content (AvgIpc) is 2.73. The Bertz CT molecular complexity index is 683. The smallest absolute Gasteiger partial charge is 0.259 e. The first-order valence-corrected chi connectivity index (χ1v) is 8.14. The van der Waals surface area contributed by atoms with Gasteiger partial charge in [0.15, 0.2) is 0 Å². The van der Waals surface area contributed by atoms with E-state index in [1.54, 1.807) is 0 Å². The maximum atomic E-state index is 13.0. The number of carbonyl (C=O) groups excluding carboxylic acids is 1. The molecular formula is C17H23N3O2. The molecule has 0 saturated carbocycles. The predicted octanol–water partition coefficient (Wildman–Crippen LogP) is 3.67. The zero-order chi connectivity index (χ0) is 15.7. The van der Waals surface area contributed by atoms with Crippen LogP contribution in [0.3, 0.4) is 0 Å². The molecule has 0 spiro atoms. The van der Waals surface area contributed by atoms with Gasteiger partial charge < -0.3 is 9.42 Å². The molecule has 1 aliphatic heterocycles. The van der Waals surface area contributed by atoms with E-state index in [4.69, 9.17) is 4.52 Å². The molecule has 3 heterocycles. The summed E-state index contributed by atoms with van der Waals surface area (Å²) in [5, 5.41) is 4.76. The lowest BCUT2D eigenvalue weighted by atomic mass is 10.0. The van der Waals surface area contributed by atoms with E-state index >= 15 is 0 Å². The highest BCUT2D eigenvalue weighted by Crippen LogP contribution is 2.26. The molecule has 1 amide bonds. The van der Waals surface area contributed by atoms with Gasteiger partial charge in [0.2, 0.25) is 0 Å². The minimum Gasteiger partial charge on any atom is -0.339 e. The number of fused-ring (bicyclic) bond motifs is 1. The van der Waals surface area contributed by atoms with Crippen LogP contribution in [0.25, 0.3) is 11.1 Å². The molecule has 5 nitrogen and oxygen atoms in total. The minimum atomic E-state index is 0.0856. The summed E-state index contributed by atoms with van der Waals surface area (Å²) in [6.45, 7) is 7.67.